The number of rotatable bonds is 9. The fraction of sp³-hybridized carbons (Fsp3) is 0.120. The van der Waals surface area contributed by atoms with Crippen molar-refractivity contribution in [2.24, 2.45) is 5.10 Å². The van der Waals surface area contributed by atoms with Gasteiger partial charge in [-0.3, -0.25) is 5.43 Å². The lowest BCUT2D eigenvalue weighted by atomic mass is 10.2. The van der Waals surface area contributed by atoms with E-state index in [0.717, 1.165) is 27.5 Å². The molecule has 0 radical (unpaired) electrons. The molecule has 0 aliphatic carbocycles. The zero-order valence-corrected chi connectivity index (χ0v) is 19.1. The summed E-state index contributed by atoms with van der Waals surface area (Å²) >= 11 is 7.73. The highest BCUT2D eigenvalue weighted by atomic mass is 35.5. The highest BCUT2D eigenvalue weighted by molar-refractivity contribution is 7.14. The van der Waals surface area contributed by atoms with Gasteiger partial charge in [0.05, 0.1) is 18.5 Å². The lowest BCUT2D eigenvalue weighted by molar-refractivity contribution is 0.269. The van der Waals surface area contributed by atoms with Gasteiger partial charge in [-0.1, -0.05) is 60.1 Å². The van der Waals surface area contributed by atoms with Crippen LogP contribution in [0, 0.1) is 0 Å². The fourth-order valence-electron chi connectivity index (χ4n) is 2.99. The molecule has 162 valence electrons. The molecule has 7 heteroatoms. The zero-order chi connectivity index (χ0) is 22.2. The van der Waals surface area contributed by atoms with Gasteiger partial charge in [0, 0.05) is 21.5 Å². The molecule has 1 aromatic heterocycles. The van der Waals surface area contributed by atoms with Crippen LogP contribution in [0.15, 0.2) is 83.3 Å². The second-order valence-electron chi connectivity index (χ2n) is 6.79. The van der Waals surface area contributed by atoms with E-state index >= 15 is 0 Å². The van der Waals surface area contributed by atoms with Gasteiger partial charge in [-0.2, -0.15) is 5.10 Å². The maximum Gasteiger partial charge on any atom is 0.203 e. The Balaban J connectivity index is 1.41. The summed E-state index contributed by atoms with van der Waals surface area (Å²) < 4.78 is 11.7. The van der Waals surface area contributed by atoms with Gasteiger partial charge in [-0.05, 0) is 36.8 Å². The molecule has 0 fully saturated rings. The predicted molar refractivity (Wildman–Crippen MR) is 132 cm³/mol. The third-order valence-corrected chi connectivity index (χ3v) is 5.67. The Labute approximate surface area is 196 Å². The molecule has 0 aliphatic rings. The number of thiazole rings is 1. The number of benzene rings is 3. The van der Waals surface area contributed by atoms with E-state index in [1.165, 1.54) is 11.3 Å². The van der Waals surface area contributed by atoms with E-state index in [9.17, 15) is 0 Å². The van der Waals surface area contributed by atoms with Crippen LogP contribution in [-0.4, -0.2) is 17.8 Å². The molecule has 3 aromatic carbocycles. The lowest BCUT2D eigenvalue weighted by Gasteiger charge is -2.13. The number of nitrogens with zero attached hydrogens (tertiary/aromatic N) is 2. The summed E-state index contributed by atoms with van der Waals surface area (Å²) in [6.45, 7) is 2.83. The fourth-order valence-corrected chi connectivity index (χ4v) is 3.85. The van der Waals surface area contributed by atoms with Gasteiger partial charge in [0.25, 0.3) is 0 Å². The summed E-state index contributed by atoms with van der Waals surface area (Å²) in [4.78, 5) is 4.57. The van der Waals surface area contributed by atoms with Crippen LogP contribution in [0.25, 0.3) is 11.3 Å². The van der Waals surface area contributed by atoms with Crippen LogP contribution in [0.5, 0.6) is 11.5 Å². The molecule has 0 spiro atoms. The molecule has 0 saturated heterocycles. The Morgan fingerprint density at radius 1 is 1.00 bits per heavy atom. The van der Waals surface area contributed by atoms with Crippen LogP contribution >= 0.6 is 22.9 Å². The first-order chi connectivity index (χ1) is 15.7. The second kappa shape index (κ2) is 10.8. The van der Waals surface area contributed by atoms with Crippen LogP contribution in [0.3, 0.4) is 0 Å². The first kappa shape index (κ1) is 21.9. The number of halogens is 1. The highest BCUT2D eigenvalue weighted by Gasteiger charge is 2.08. The van der Waals surface area contributed by atoms with E-state index in [1.807, 2.05) is 85.1 Å². The molecule has 0 amide bonds. The van der Waals surface area contributed by atoms with Crippen molar-refractivity contribution in [3.8, 4) is 22.8 Å². The number of nitrogens with one attached hydrogen (secondary N) is 1. The summed E-state index contributed by atoms with van der Waals surface area (Å²) in [5.74, 6) is 1.31. The molecule has 1 heterocycles. The standard InChI is InChI=1S/C25H22ClN3O2S/c1-2-30-24-14-18(12-13-23(24)31-16-20-10-6-7-11-21(20)26)15-27-29-25-28-22(17-32-25)19-8-4-3-5-9-19/h3-15,17H,2,16H2,1H3,(H,28,29). The smallest absolute Gasteiger partial charge is 0.203 e. The van der Waals surface area contributed by atoms with Gasteiger partial charge in [-0.25, -0.2) is 4.98 Å². The Morgan fingerprint density at radius 3 is 2.62 bits per heavy atom. The summed E-state index contributed by atoms with van der Waals surface area (Å²) in [6, 6.07) is 23.4. The van der Waals surface area contributed by atoms with Crippen LogP contribution in [0.4, 0.5) is 5.13 Å². The molecule has 4 aromatic rings. The normalized spacial score (nSPS) is 10.9. The van der Waals surface area contributed by atoms with Gasteiger partial charge in [0.2, 0.25) is 5.13 Å². The van der Waals surface area contributed by atoms with Crippen molar-refractivity contribution in [1.82, 2.24) is 4.98 Å². The molecule has 0 saturated carbocycles. The van der Waals surface area contributed by atoms with Crippen molar-refractivity contribution in [1.29, 1.82) is 0 Å². The van der Waals surface area contributed by atoms with E-state index < -0.39 is 0 Å². The van der Waals surface area contributed by atoms with Crippen molar-refractivity contribution >= 4 is 34.3 Å². The largest absolute Gasteiger partial charge is 0.490 e. The molecule has 32 heavy (non-hydrogen) atoms. The Hall–Kier alpha value is -3.35. The van der Waals surface area contributed by atoms with Crippen LogP contribution in [0.2, 0.25) is 5.02 Å². The molecular weight excluding hydrogens is 442 g/mol. The summed E-state index contributed by atoms with van der Waals surface area (Å²) in [6.07, 6.45) is 1.73. The van der Waals surface area contributed by atoms with Crippen LogP contribution < -0.4 is 14.9 Å². The van der Waals surface area contributed by atoms with Crippen molar-refractivity contribution in [2.45, 2.75) is 13.5 Å². The Kier molecular flexibility index (Phi) is 7.38. The second-order valence-corrected chi connectivity index (χ2v) is 8.06. The minimum Gasteiger partial charge on any atom is -0.490 e. The van der Waals surface area contributed by atoms with E-state index in [2.05, 4.69) is 15.5 Å². The topological polar surface area (TPSA) is 55.7 Å². The monoisotopic (exact) mass is 463 g/mol. The minimum absolute atomic E-state index is 0.364. The quantitative estimate of drug-likeness (QED) is 0.217. The number of hydrogen-bond donors (Lipinski definition) is 1. The molecule has 0 atom stereocenters. The maximum absolute atomic E-state index is 6.22. The van der Waals surface area contributed by atoms with Gasteiger partial charge < -0.3 is 9.47 Å². The van der Waals surface area contributed by atoms with E-state index in [0.29, 0.717) is 29.7 Å². The first-order valence-corrected chi connectivity index (χ1v) is 11.4. The van der Waals surface area contributed by atoms with Crippen molar-refractivity contribution in [3.63, 3.8) is 0 Å². The third-order valence-electron chi connectivity index (χ3n) is 4.56. The van der Waals surface area contributed by atoms with E-state index in [-0.39, 0.29) is 0 Å². The average molecular weight is 464 g/mol. The first-order valence-electron chi connectivity index (χ1n) is 10.2. The maximum atomic E-state index is 6.22. The van der Waals surface area contributed by atoms with E-state index in [4.69, 9.17) is 21.1 Å². The molecule has 0 bridgehead atoms. The summed E-state index contributed by atoms with van der Waals surface area (Å²) in [5, 5.41) is 7.72. The molecule has 5 nitrogen and oxygen atoms in total. The number of ether oxygens (including phenoxy) is 2. The third kappa shape index (κ3) is 5.66. The average Bonchev–Trinajstić information content (AvgIpc) is 3.29. The van der Waals surface area contributed by atoms with Crippen molar-refractivity contribution in [2.75, 3.05) is 12.0 Å². The van der Waals surface area contributed by atoms with Crippen LogP contribution in [-0.2, 0) is 6.61 Å². The van der Waals surface area contributed by atoms with Gasteiger partial charge >= 0.3 is 0 Å². The lowest BCUT2D eigenvalue weighted by Crippen LogP contribution is -2.01. The number of hydrogen-bond acceptors (Lipinski definition) is 6. The Morgan fingerprint density at radius 2 is 1.81 bits per heavy atom. The predicted octanol–water partition coefficient (Wildman–Crippen LogP) is 6.89. The van der Waals surface area contributed by atoms with Crippen molar-refractivity contribution < 1.29 is 9.47 Å². The summed E-state index contributed by atoms with van der Waals surface area (Å²) in [5.41, 5.74) is 6.80. The molecular formula is C25H22ClN3O2S. The molecule has 1 N–H and O–H groups in total. The number of anilines is 1. The van der Waals surface area contributed by atoms with Gasteiger partial charge in [0.15, 0.2) is 11.5 Å². The molecule has 0 unspecified atom stereocenters. The van der Waals surface area contributed by atoms with Gasteiger partial charge in [0.1, 0.15) is 6.61 Å². The highest BCUT2D eigenvalue weighted by Crippen LogP contribution is 2.30. The zero-order valence-electron chi connectivity index (χ0n) is 17.5. The number of hydrazone groups is 1. The van der Waals surface area contributed by atoms with E-state index in [1.54, 1.807) is 6.21 Å². The van der Waals surface area contributed by atoms with Gasteiger partial charge in [-0.15, -0.1) is 11.3 Å². The Bertz CT molecular complexity index is 1190. The van der Waals surface area contributed by atoms with Crippen molar-refractivity contribution in [3.05, 3.63) is 94.3 Å². The minimum atomic E-state index is 0.364. The SMILES string of the molecule is CCOc1cc(C=NNc2nc(-c3ccccc3)cs2)ccc1OCc1ccccc1Cl. The van der Waals surface area contributed by atoms with Crippen LogP contribution in [0.1, 0.15) is 18.1 Å². The molecule has 0 aliphatic heterocycles. The summed E-state index contributed by atoms with van der Waals surface area (Å²) in [7, 11) is 0. The molecule has 4 rings (SSSR count). The number of aromatic nitrogens is 1.